The maximum atomic E-state index is 14.3. The molecule has 8 aromatic rings. The summed E-state index contributed by atoms with van der Waals surface area (Å²) in [5.41, 5.74) is 10.6. The van der Waals surface area contributed by atoms with Gasteiger partial charge in [-0.2, -0.15) is 0 Å². The first kappa shape index (κ1) is 33.0. The van der Waals surface area contributed by atoms with Crippen LogP contribution < -0.4 is 0 Å². The molecule has 0 bridgehead atoms. The average molecular weight is 685 g/mol. The maximum absolute atomic E-state index is 14.3. The quantitative estimate of drug-likeness (QED) is 0.0994. The number of esters is 2. The second-order valence-electron chi connectivity index (χ2n) is 12.6. The number of hydrogen-bond acceptors (Lipinski definition) is 4. The predicted octanol–water partition coefficient (Wildman–Crippen LogP) is 11.7. The number of hydrogen-bond donors (Lipinski definition) is 0. The fraction of sp³-hybridized carbons (Fsp3) is 0. The Hall–Kier alpha value is -7.17. The van der Waals surface area contributed by atoms with E-state index in [1.165, 1.54) is 0 Å². The van der Waals surface area contributed by atoms with Crippen LogP contribution in [0.4, 0.5) is 0 Å². The van der Waals surface area contributed by atoms with Crippen molar-refractivity contribution in [3.8, 4) is 44.5 Å². The first-order valence-corrected chi connectivity index (χ1v) is 17.4. The third-order valence-corrected chi connectivity index (χ3v) is 9.42. The van der Waals surface area contributed by atoms with Crippen molar-refractivity contribution < 1.29 is 19.1 Å². The van der Waals surface area contributed by atoms with Crippen molar-refractivity contribution in [3.63, 3.8) is 0 Å². The van der Waals surface area contributed by atoms with E-state index in [0.717, 1.165) is 55.3 Å². The van der Waals surface area contributed by atoms with Gasteiger partial charge in [0.1, 0.15) is 0 Å². The largest absolute Gasteiger partial charge is 0.386 e. The highest BCUT2D eigenvalue weighted by atomic mass is 16.6. The highest BCUT2D eigenvalue weighted by Crippen LogP contribution is 2.48. The van der Waals surface area contributed by atoms with E-state index < -0.39 is 11.9 Å². The van der Waals surface area contributed by atoms with Gasteiger partial charge in [-0.1, -0.05) is 182 Å². The summed E-state index contributed by atoms with van der Waals surface area (Å²) in [5.74, 6) is -1.09. The summed E-state index contributed by atoms with van der Waals surface area (Å²) < 4.78 is 4.56. The molecule has 1 aliphatic rings. The van der Waals surface area contributed by atoms with Crippen LogP contribution in [0.25, 0.3) is 55.3 Å². The molecule has 0 aromatic heterocycles. The Balaban J connectivity index is 0.000000221. The average Bonchev–Trinajstić information content (AvgIpc) is 3.54. The number of carbonyl (C=O) groups is 3. The fourth-order valence-corrected chi connectivity index (χ4v) is 7.01. The second kappa shape index (κ2) is 14.6. The van der Waals surface area contributed by atoms with Crippen molar-refractivity contribution in [2.24, 2.45) is 0 Å². The molecule has 9 rings (SSSR count). The molecule has 0 radical (unpaired) electrons. The van der Waals surface area contributed by atoms with Crippen molar-refractivity contribution in [3.05, 3.63) is 216 Å². The second-order valence-corrected chi connectivity index (χ2v) is 12.6. The molecule has 1 heterocycles. The minimum Gasteiger partial charge on any atom is -0.386 e. The van der Waals surface area contributed by atoms with Crippen LogP contribution in [0.3, 0.4) is 0 Å². The standard InChI is InChI=1S/C37H26O.C12H6O3/c38-37(31-24-14-5-15-25-31)33-26-32(27-16-6-1-7-17-27)34(28-18-8-2-9-19-28)36(30-22-12-4-13-23-30)35(33)29-20-10-3-11-21-29;13-11-9-6-5-7-3-1-2-4-8(7)10(9)12(14)15-11/h1-26H;1-6H. The van der Waals surface area contributed by atoms with Crippen LogP contribution in [0, 0.1) is 0 Å². The van der Waals surface area contributed by atoms with Gasteiger partial charge in [0, 0.05) is 16.7 Å². The number of benzene rings is 8. The van der Waals surface area contributed by atoms with Gasteiger partial charge >= 0.3 is 11.9 Å². The van der Waals surface area contributed by atoms with E-state index >= 15 is 0 Å². The lowest BCUT2D eigenvalue weighted by Gasteiger charge is -2.23. The highest BCUT2D eigenvalue weighted by molar-refractivity contribution is 6.21. The van der Waals surface area contributed by atoms with Crippen molar-refractivity contribution >= 4 is 28.5 Å². The van der Waals surface area contributed by atoms with Crippen LogP contribution >= 0.6 is 0 Å². The van der Waals surface area contributed by atoms with Crippen molar-refractivity contribution in [1.29, 1.82) is 0 Å². The number of carbonyl (C=O) groups excluding carboxylic acids is 3. The topological polar surface area (TPSA) is 60.4 Å². The van der Waals surface area contributed by atoms with E-state index in [0.29, 0.717) is 22.3 Å². The molecule has 0 spiro atoms. The molecule has 0 atom stereocenters. The monoisotopic (exact) mass is 684 g/mol. The van der Waals surface area contributed by atoms with E-state index in [2.05, 4.69) is 95.7 Å². The summed E-state index contributed by atoms with van der Waals surface area (Å²) in [6.07, 6.45) is 0. The SMILES string of the molecule is O=C(c1ccccc1)c1cc(-c2ccccc2)c(-c2ccccc2)c(-c2ccccc2)c1-c1ccccc1.O=C1OC(=O)c2c1ccc1ccccc21. The number of fused-ring (bicyclic) bond motifs is 3. The molecule has 0 saturated carbocycles. The summed E-state index contributed by atoms with van der Waals surface area (Å²) in [6.45, 7) is 0. The van der Waals surface area contributed by atoms with Crippen LogP contribution in [-0.2, 0) is 4.74 Å². The maximum Gasteiger partial charge on any atom is 0.347 e. The zero-order valence-corrected chi connectivity index (χ0v) is 28.6. The zero-order valence-electron chi connectivity index (χ0n) is 28.6. The Morgan fingerprint density at radius 1 is 0.377 bits per heavy atom. The van der Waals surface area contributed by atoms with Crippen LogP contribution in [-0.4, -0.2) is 17.7 Å². The van der Waals surface area contributed by atoms with Gasteiger partial charge in [-0.05, 0) is 61.8 Å². The van der Waals surface area contributed by atoms with Gasteiger partial charge in [0.2, 0.25) is 0 Å². The molecule has 0 fully saturated rings. The molecular formula is C49H32O4. The molecular weight excluding hydrogens is 653 g/mol. The Kier molecular flexibility index (Phi) is 9.08. The Morgan fingerprint density at radius 2 is 0.849 bits per heavy atom. The fourth-order valence-electron chi connectivity index (χ4n) is 7.01. The first-order valence-electron chi connectivity index (χ1n) is 17.4. The van der Waals surface area contributed by atoms with Crippen molar-refractivity contribution in [2.75, 3.05) is 0 Å². The van der Waals surface area contributed by atoms with Crippen molar-refractivity contribution in [2.45, 2.75) is 0 Å². The minimum absolute atomic E-state index is 0.0124. The van der Waals surface area contributed by atoms with Crippen LogP contribution in [0.2, 0.25) is 0 Å². The van der Waals surface area contributed by atoms with E-state index in [-0.39, 0.29) is 5.78 Å². The Labute approximate surface area is 307 Å². The predicted molar refractivity (Wildman–Crippen MR) is 212 cm³/mol. The third-order valence-electron chi connectivity index (χ3n) is 9.42. The number of ketones is 1. The molecule has 8 aromatic carbocycles. The van der Waals surface area contributed by atoms with Gasteiger partial charge < -0.3 is 4.74 Å². The number of rotatable bonds is 6. The summed E-state index contributed by atoms with van der Waals surface area (Å²) >= 11 is 0. The lowest BCUT2D eigenvalue weighted by atomic mass is 9.79. The molecule has 4 nitrogen and oxygen atoms in total. The summed E-state index contributed by atoms with van der Waals surface area (Å²) in [6, 6.07) is 64.1. The summed E-state index contributed by atoms with van der Waals surface area (Å²) in [4.78, 5) is 37.0. The van der Waals surface area contributed by atoms with E-state index in [9.17, 15) is 14.4 Å². The van der Waals surface area contributed by atoms with Gasteiger partial charge in [-0.15, -0.1) is 0 Å². The Bertz CT molecular complexity index is 2600. The van der Waals surface area contributed by atoms with Crippen molar-refractivity contribution in [1.82, 2.24) is 0 Å². The smallest absolute Gasteiger partial charge is 0.347 e. The van der Waals surface area contributed by atoms with Crippen LogP contribution in [0.1, 0.15) is 36.6 Å². The molecule has 0 amide bonds. The van der Waals surface area contributed by atoms with Gasteiger partial charge in [-0.3, -0.25) is 4.79 Å². The molecule has 0 unspecified atom stereocenters. The van der Waals surface area contributed by atoms with Crippen LogP contribution in [0.15, 0.2) is 194 Å². The van der Waals surface area contributed by atoms with Crippen LogP contribution in [0.5, 0.6) is 0 Å². The lowest BCUT2D eigenvalue weighted by Crippen LogP contribution is -2.07. The first-order chi connectivity index (χ1) is 26.1. The lowest BCUT2D eigenvalue weighted by molar-refractivity contribution is 0.0444. The van der Waals surface area contributed by atoms with Gasteiger partial charge in [0.05, 0.1) is 11.1 Å². The zero-order chi connectivity index (χ0) is 36.1. The van der Waals surface area contributed by atoms with E-state index in [1.54, 1.807) is 6.07 Å². The van der Waals surface area contributed by atoms with E-state index in [4.69, 9.17) is 0 Å². The van der Waals surface area contributed by atoms with Gasteiger partial charge in [0.15, 0.2) is 5.78 Å². The molecule has 0 saturated heterocycles. The molecule has 4 heteroatoms. The minimum atomic E-state index is -0.555. The third kappa shape index (κ3) is 6.46. The van der Waals surface area contributed by atoms with E-state index in [1.807, 2.05) is 97.1 Å². The highest BCUT2D eigenvalue weighted by Gasteiger charge is 2.31. The molecule has 252 valence electrons. The number of cyclic esters (lactones) is 2. The molecule has 0 aliphatic carbocycles. The molecule has 53 heavy (non-hydrogen) atoms. The molecule has 1 aliphatic heterocycles. The summed E-state index contributed by atoms with van der Waals surface area (Å²) in [7, 11) is 0. The summed E-state index contributed by atoms with van der Waals surface area (Å²) in [5, 5.41) is 1.70. The molecule has 0 N–H and O–H groups in total. The van der Waals surface area contributed by atoms with Gasteiger partial charge in [0.25, 0.3) is 0 Å². The Morgan fingerprint density at radius 3 is 1.43 bits per heavy atom. The normalized spacial score (nSPS) is 11.7. The number of ether oxygens (including phenoxy) is 1. The van der Waals surface area contributed by atoms with Gasteiger partial charge in [-0.25, -0.2) is 9.59 Å².